The van der Waals surface area contributed by atoms with E-state index in [9.17, 15) is 9.90 Å². The molecule has 0 aliphatic rings. The second kappa shape index (κ2) is 7.76. The van der Waals surface area contributed by atoms with E-state index >= 15 is 0 Å². The monoisotopic (exact) mass is 459 g/mol. The van der Waals surface area contributed by atoms with Crippen molar-refractivity contribution in [3.05, 3.63) is 81.4 Å². The van der Waals surface area contributed by atoms with Crippen molar-refractivity contribution in [1.82, 2.24) is 5.32 Å². The van der Waals surface area contributed by atoms with Gasteiger partial charge in [-0.3, -0.25) is 4.79 Å². The second-order valence-corrected chi connectivity index (χ2v) is 8.18. The van der Waals surface area contributed by atoms with Gasteiger partial charge >= 0.3 is 0 Å². The zero-order chi connectivity index (χ0) is 18.7. The Kier molecular flexibility index (Phi) is 5.63. The lowest BCUT2D eigenvalue weighted by atomic mass is 9.92. The number of halogens is 1. The van der Waals surface area contributed by atoms with Gasteiger partial charge < -0.3 is 10.4 Å². The molecule has 2 N–H and O–H groups in total. The van der Waals surface area contributed by atoms with Crippen LogP contribution in [0, 0.1) is 3.57 Å². The van der Waals surface area contributed by atoms with E-state index in [-0.39, 0.29) is 5.91 Å². The SMILES string of the molecule is CC(C)(O)[C@H](Cc1ccccc1)NC(=O)c1cccc2cccc(I)c12. The Bertz CT molecular complexity index is 911. The highest BCUT2D eigenvalue weighted by atomic mass is 127. The number of amides is 1. The van der Waals surface area contributed by atoms with E-state index < -0.39 is 11.6 Å². The molecule has 0 radical (unpaired) electrons. The highest BCUT2D eigenvalue weighted by molar-refractivity contribution is 14.1. The molecule has 0 aromatic heterocycles. The zero-order valence-electron chi connectivity index (χ0n) is 14.9. The van der Waals surface area contributed by atoms with Gasteiger partial charge in [-0.05, 0) is 65.9 Å². The van der Waals surface area contributed by atoms with Crippen LogP contribution in [0.3, 0.4) is 0 Å². The largest absolute Gasteiger partial charge is 0.388 e. The van der Waals surface area contributed by atoms with E-state index in [4.69, 9.17) is 0 Å². The molecule has 0 aliphatic heterocycles. The number of fused-ring (bicyclic) bond motifs is 1. The van der Waals surface area contributed by atoms with Crippen molar-refractivity contribution in [3.8, 4) is 0 Å². The normalized spacial score (nSPS) is 12.8. The molecule has 0 aliphatic carbocycles. The van der Waals surface area contributed by atoms with Crippen LogP contribution in [0.4, 0.5) is 0 Å². The third kappa shape index (κ3) is 4.24. The van der Waals surface area contributed by atoms with E-state index in [1.54, 1.807) is 13.8 Å². The summed E-state index contributed by atoms with van der Waals surface area (Å²) in [6.07, 6.45) is 0.567. The number of benzene rings is 3. The lowest BCUT2D eigenvalue weighted by Crippen LogP contribution is -2.50. The van der Waals surface area contributed by atoms with Crippen LogP contribution in [0.5, 0.6) is 0 Å². The molecule has 3 nitrogen and oxygen atoms in total. The Morgan fingerprint density at radius 1 is 1.04 bits per heavy atom. The standard InChI is InChI=1S/C22H22INO2/c1-22(2,26)19(14-15-8-4-3-5-9-15)24-21(25)17-12-6-10-16-11-7-13-18(23)20(16)17/h3-13,19,26H,14H2,1-2H3,(H,24,25)/t19-/m0/s1. The third-order valence-electron chi connectivity index (χ3n) is 4.54. The fourth-order valence-electron chi connectivity index (χ4n) is 3.05. The summed E-state index contributed by atoms with van der Waals surface area (Å²) in [5.41, 5.74) is 0.672. The molecule has 0 saturated carbocycles. The Labute approximate surface area is 167 Å². The Balaban J connectivity index is 1.91. The Hall–Kier alpha value is -1.92. The average Bonchev–Trinajstić information content (AvgIpc) is 2.61. The van der Waals surface area contributed by atoms with Crippen molar-refractivity contribution in [1.29, 1.82) is 0 Å². The minimum absolute atomic E-state index is 0.164. The molecule has 134 valence electrons. The lowest BCUT2D eigenvalue weighted by molar-refractivity contribution is 0.0351. The van der Waals surface area contributed by atoms with Crippen molar-refractivity contribution in [3.63, 3.8) is 0 Å². The third-order valence-corrected chi connectivity index (χ3v) is 5.44. The van der Waals surface area contributed by atoms with Gasteiger partial charge in [-0.1, -0.05) is 54.6 Å². The maximum Gasteiger partial charge on any atom is 0.252 e. The van der Waals surface area contributed by atoms with Crippen LogP contribution >= 0.6 is 22.6 Å². The maximum atomic E-state index is 13.0. The quantitative estimate of drug-likeness (QED) is 0.550. The number of carbonyl (C=O) groups excluding carboxylic acids is 1. The van der Waals surface area contributed by atoms with Gasteiger partial charge in [-0.2, -0.15) is 0 Å². The van der Waals surface area contributed by atoms with Crippen molar-refractivity contribution in [2.45, 2.75) is 31.9 Å². The minimum Gasteiger partial charge on any atom is -0.388 e. The molecule has 0 heterocycles. The highest BCUT2D eigenvalue weighted by Crippen LogP contribution is 2.25. The van der Waals surface area contributed by atoms with Crippen molar-refractivity contribution >= 4 is 39.3 Å². The molecular formula is C22H22INO2. The van der Waals surface area contributed by atoms with Gasteiger partial charge in [0.15, 0.2) is 0 Å². The van der Waals surface area contributed by atoms with E-state index in [0.29, 0.717) is 12.0 Å². The van der Waals surface area contributed by atoms with Gasteiger partial charge in [0, 0.05) is 14.5 Å². The summed E-state index contributed by atoms with van der Waals surface area (Å²) >= 11 is 2.26. The lowest BCUT2D eigenvalue weighted by Gasteiger charge is -2.30. The molecule has 1 atom stereocenters. The molecule has 3 aromatic carbocycles. The van der Waals surface area contributed by atoms with Crippen molar-refractivity contribution < 1.29 is 9.90 Å². The number of carbonyl (C=O) groups is 1. The van der Waals surface area contributed by atoms with Gasteiger partial charge in [-0.25, -0.2) is 0 Å². The fraction of sp³-hybridized carbons (Fsp3) is 0.227. The summed E-state index contributed by atoms with van der Waals surface area (Å²) < 4.78 is 1.04. The minimum atomic E-state index is -1.04. The molecule has 0 spiro atoms. The van der Waals surface area contributed by atoms with E-state index in [2.05, 4.69) is 27.9 Å². The molecule has 1 amide bonds. The first kappa shape index (κ1) is 18.9. The molecular weight excluding hydrogens is 437 g/mol. The first-order valence-corrected chi connectivity index (χ1v) is 9.68. The number of hydrogen-bond acceptors (Lipinski definition) is 2. The van der Waals surface area contributed by atoms with Crippen LogP contribution < -0.4 is 5.32 Å². The summed E-state index contributed by atoms with van der Waals surface area (Å²) in [7, 11) is 0. The van der Waals surface area contributed by atoms with Gasteiger partial charge in [0.2, 0.25) is 0 Å². The molecule has 0 unspecified atom stereocenters. The molecule has 0 bridgehead atoms. The number of nitrogens with one attached hydrogen (secondary N) is 1. The maximum absolute atomic E-state index is 13.0. The molecule has 26 heavy (non-hydrogen) atoms. The summed E-state index contributed by atoms with van der Waals surface area (Å²) in [5, 5.41) is 15.6. The second-order valence-electron chi connectivity index (χ2n) is 7.01. The molecule has 0 saturated heterocycles. The number of aliphatic hydroxyl groups is 1. The summed E-state index contributed by atoms with van der Waals surface area (Å²) in [4.78, 5) is 13.0. The van der Waals surface area contributed by atoms with Gasteiger partial charge in [-0.15, -0.1) is 0 Å². The zero-order valence-corrected chi connectivity index (χ0v) is 17.0. The van der Waals surface area contributed by atoms with Crippen LogP contribution in [0.2, 0.25) is 0 Å². The predicted octanol–water partition coefficient (Wildman–Crippen LogP) is 4.56. The summed E-state index contributed by atoms with van der Waals surface area (Å²) in [5.74, 6) is -0.164. The van der Waals surface area contributed by atoms with Gasteiger partial charge in [0.25, 0.3) is 5.91 Å². The first-order chi connectivity index (χ1) is 12.4. The average molecular weight is 459 g/mol. The van der Waals surface area contributed by atoms with Crippen molar-refractivity contribution in [2.24, 2.45) is 0 Å². The highest BCUT2D eigenvalue weighted by Gasteiger charge is 2.29. The Morgan fingerprint density at radius 3 is 2.35 bits per heavy atom. The van der Waals surface area contributed by atoms with Gasteiger partial charge in [0.05, 0.1) is 11.6 Å². The predicted molar refractivity (Wildman–Crippen MR) is 114 cm³/mol. The molecule has 4 heteroatoms. The first-order valence-electron chi connectivity index (χ1n) is 8.60. The number of rotatable bonds is 5. The molecule has 0 fully saturated rings. The number of hydrogen-bond donors (Lipinski definition) is 2. The van der Waals surface area contributed by atoms with Crippen molar-refractivity contribution in [2.75, 3.05) is 0 Å². The van der Waals surface area contributed by atoms with Crippen LogP contribution in [-0.4, -0.2) is 22.7 Å². The smallest absolute Gasteiger partial charge is 0.252 e. The molecule has 3 aromatic rings. The molecule has 3 rings (SSSR count). The van der Waals surface area contributed by atoms with Crippen LogP contribution in [-0.2, 0) is 6.42 Å². The van der Waals surface area contributed by atoms with E-state index in [0.717, 1.165) is 19.9 Å². The van der Waals surface area contributed by atoms with Gasteiger partial charge in [0.1, 0.15) is 0 Å². The Morgan fingerprint density at radius 2 is 1.69 bits per heavy atom. The fourth-order valence-corrected chi connectivity index (χ4v) is 3.86. The van der Waals surface area contributed by atoms with E-state index in [1.807, 2.05) is 66.7 Å². The van der Waals surface area contributed by atoms with Crippen LogP contribution in [0.1, 0.15) is 29.8 Å². The van der Waals surface area contributed by atoms with Crippen LogP contribution in [0.15, 0.2) is 66.7 Å². The van der Waals surface area contributed by atoms with Crippen LogP contribution in [0.25, 0.3) is 10.8 Å². The summed E-state index contributed by atoms with van der Waals surface area (Å²) in [6, 6.07) is 21.2. The van der Waals surface area contributed by atoms with E-state index in [1.165, 1.54) is 0 Å². The summed E-state index contributed by atoms with van der Waals surface area (Å²) in [6.45, 7) is 3.46. The topological polar surface area (TPSA) is 49.3 Å².